The van der Waals surface area contributed by atoms with Crippen molar-refractivity contribution in [2.75, 3.05) is 5.32 Å². The largest absolute Gasteiger partial charge is 0.316 e. The van der Waals surface area contributed by atoms with Crippen LogP contribution in [0.2, 0.25) is 0 Å². The van der Waals surface area contributed by atoms with Gasteiger partial charge in [0, 0.05) is 12.3 Å². The van der Waals surface area contributed by atoms with Crippen molar-refractivity contribution in [2.24, 2.45) is 0 Å². The van der Waals surface area contributed by atoms with E-state index in [1.807, 2.05) is 0 Å². The second-order valence-corrected chi connectivity index (χ2v) is 4.88. The van der Waals surface area contributed by atoms with E-state index in [1.54, 1.807) is 25.1 Å². The number of aromatic nitrogens is 2. The van der Waals surface area contributed by atoms with E-state index in [4.69, 9.17) is 0 Å². The smallest absolute Gasteiger partial charge is 0.281 e. The molecule has 0 fully saturated rings. The first-order chi connectivity index (χ1) is 11.0. The maximum Gasteiger partial charge on any atom is 0.281 e. The Morgan fingerprint density at radius 3 is 2.74 bits per heavy atom. The van der Waals surface area contributed by atoms with Crippen LogP contribution >= 0.6 is 0 Å². The summed E-state index contributed by atoms with van der Waals surface area (Å²) in [5.74, 6) is -2.64. The van der Waals surface area contributed by atoms with Crippen molar-refractivity contribution in [2.45, 2.75) is 6.92 Å². The number of nitrogens with zero attached hydrogens (tertiary/aromatic N) is 2. The summed E-state index contributed by atoms with van der Waals surface area (Å²) in [4.78, 5) is 28.8. The van der Waals surface area contributed by atoms with E-state index < -0.39 is 23.1 Å². The van der Waals surface area contributed by atoms with Gasteiger partial charge in [0.05, 0.1) is 11.3 Å². The lowest BCUT2D eigenvalue weighted by molar-refractivity contribution is 0.102. The summed E-state index contributed by atoms with van der Waals surface area (Å²) in [5.41, 5.74) is -0.159. The molecular formula is C16H11F2N3O2. The number of fused-ring (bicyclic) bond motifs is 1. The van der Waals surface area contributed by atoms with Crippen LogP contribution < -0.4 is 10.9 Å². The Labute approximate surface area is 129 Å². The highest BCUT2D eigenvalue weighted by atomic mass is 19.1. The van der Waals surface area contributed by atoms with Gasteiger partial charge in [-0.05, 0) is 31.2 Å². The SMILES string of the molecule is Cc1nc2ccccn2c(=O)c1NC(=O)c1ccc(F)cc1F. The number of anilines is 1. The minimum Gasteiger partial charge on any atom is -0.316 e. The number of nitrogens with one attached hydrogen (secondary N) is 1. The van der Waals surface area contributed by atoms with Crippen LogP contribution in [0.3, 0.4) is 0 Å². The zero-order valence-corrected chi connectivity index (χ0v) is 12.0. The number of amides is 1. The molecule has 7 heteroatoms. The molecule has 2 aromatic heterocycles. The molecule has 0 aliphatic heterocycles. The van der Waals surface area contributed by atoms with E-state index in [0.29, 0.717) is 17.4 Å². The van der Waals surface area contributed by atoms with Crippen LogP contribution in [0.5, 0.6) is 0 Å². The van der Waals surface area contributed by atoms with E-state index in [9.17, 15) is 18.4 Å². The predicted molar refractivity (Wildman–Crippen MR) is 80.5 cm³/mol. The van der Waals surface area contributed by atoms with Gasteiger partial charge in [-0.2, -0.15) is 0 Å². The number of benzene rings is 1. The summed E-state index contributed by atoms with van der Waals surface area (Å²) < 4.78 is 27.8. The summed E-state index contributed by atoms with van der Waals surface area (Å²) >= 11 is 0. The molecule has 1 N–H and O–H groups in total. The summed E-state index contributed by atoms with van der Waals surface area (Å²) in [7, 11) is 0. The number of hydrogen-bond donors (Lipinski definition) is 1. The first kappa shape index (κ1) is 14.8. The molecule has 1 aromatic carbocycles. The van der Waals surface area contributed by atoms with Crippen molar-refractivity contribution in [1.29, 1.82) is 0 Å². The number of pyridine rings is 1. The third-order valence-electron chi connectivity index (χ3n) is 3.33. The molecule has 3 aromatic rings. The van der Waals surface area contributed by atoms with Gasteiger partial charge in [0.25, 0.3) is 11.5 Å². The molecule has 3 rings (SSSR count). The van der Waals surface area contributed by atoms with Gasteiger partial charge >= 0.3 is 0 Å². The lowest BCUT2D eigenvalue weighted by Crippen LogP contribution is -2.25. The standard InChI is InChI=1S/C16H11F2N3O2/c1-9-14(16(23)21-7-3-2-4-13(21)19-9)20-15(22)11-6-5-10(17)8-12(11)18/h2-8H,1H3,(H,20,22). The van der Waals surface area contributed by atoms with Crippen LogP contribution in [0.25, 0.3) is 5.65 Å². The molecule has 0 spiro atoms. The van der Waals surface area contributed by atoms with Crippen molar-refractivity contribution >= 4 is 17.2 Å². The third-order valence-corrected chi connectivity index (χ3v) is 3.33. The van der Waals surface area contributed by atoms with Crippen molar-refractivity contribution in [3.8, 4) is 0 Å². The van der Waals surface area contributed by atoms with Crippen LogP contribution in [0.1, 0.15) is 16.1 Å². The van der Waals surface area contributed by atoms with E-state index in [2.05, 4.69) is 10.3 Å². The zero-order chi connectivity index (χ0) is 16.6. The summed E-state index contributed by atoms with van der Waals surface area (Å²) in [6, 6.07) is 7.62. The molecule has 2 heterocycles. The maximum atomic E-state index is 13.7. The fourth-order valence-electron chi connectivity index (χ4n) is 2.20. The average Bonchev–Trinajstić information content (AvgIpc) is 2.51. The van der Waals surface area contributed by atoms with E-state index in [1.165, 1.54) is 10.6 Å². The van der Waals surface area contributed by atoms with Crippen molar-refractivity contribution in [1.82, 2.24) is 9.38 Å². The van der Waals surface area contributed by atoms with Gasteiger partial charge in [-0.3, -0.25) is 14.0 Å². The predicted octanol–water partition coefficient (Wildman–Crippen LogP) is 2.53. The Balaban J connectivity index is 2.04. The molecule has 0 atom stereocenters. The van der Waals surface area contributed by atoms with Gasteiger partial charge in [-0.15, -0.1) is 0 Å². The number of carbonyl (C=O) groups is 1. The minimum atomic E-state index is -1.01. The molecule has 0 unspecified atom stereocenters. The van der Waals surface area contributed by atoms with Crippen LogP contribution in [0.15, 0.2) is 47.4 Å². The monoisotopic (exact) mass is 315 g/mol. The average molecular weight is 315 g/mol. The van der Waals surface area contributed by atoms with Gasteiger partial charge < -0.3 is 5.32 Å². The highest BCUT2D eigenvalue weighted by Gasteiger charge is 2.17. The van der Waals surface area contributed by atoms with Crippen LogP contribution in [-0.2, 0) is 0 Å². The Morgan fingerprint density at radius 1 is 1.22 bits per heavy atom. The molecule has 0 saturated carbocycles. The van der Waals surface area contributed by atoms with Gasteiger partial charge in [0.15, 0.2) is 0 Å². The highest BCUT2D eigenvalue weighted by molar-refractivity contribution is 6.04. The van der Waals surface area contributed by atoms with Crippen molar-refractivity contribution in [3.63, 3.8) is 0 Å². The minimum absolute atomic E-state index is 0.0533. The highest BCUT2D eigenvalue weighted by Crippen LogP contribution is 2.14. The number of rotatable bonds is 2. The van der Waals surface area contributed by atoms with E-state index in [0.717, 1.165) is 12.1 Å². The number of carbonyl (C=O) groups excluding carboxylic acids is 1. The Kier molecular flexibility index (Phi) is 3.61. The normalized spacial score (nSPS) is 10.7. The van der Waals surface area contributed by atoms with Crippen LogP contribution in [0, 0.1) is 18.6 Å². The van der Waals surface area contributed by atoms with Crippen LogP contribution in [-0.4, -0.2) is 15.3 Å². The first-order valence-corrected chi connectivity index (χ1v) is 6.72. The molecule has 0 aliphatic carbocycles. The third kappa shape index (κ3) is 2.68. The molecule has 0 radical (unpaired) electrons. The second kappa shape index (κ2) is 5.60. The van der Waals surface area contributed by atoms with Crippen molar-refractivity contribution < 1.29 is 13.6 Å². The molecule has 23 heavy (non-hydrogen) atoms. The summed E-state index contributed by atoms with van der Waals surface area (Å²) in [6.07, 6.45) is 1.51. The fourth-order valence-corrected chi connectivity index (χ4v) is 2.20. The molecule has 1 amide bonds. The Morgan fingerprint density at radius 2 is 2.00 bits per heavy atom. The van der Waals surface area contributed by atoms with E-state index >= 15 is 0 Å². The summed E-state index contributed by atoms with van der Waals surface area (Å²) in [5, 5.41) is 2.35. The first-order valence-electron chi connectivity index (χ1n) is 6.72. The second-order valence-electron chi connectivity index (χ2n) is 4.88. The topological polar surface area (TPSA) is 63.5 Å². The number of halogens is 2. The van der Waals surface area contributed by atoms with Crippen molar-refractivity contribution in [3.05, 3.63) is 75.8 Å². The molecule has 0 aliphatic rings. The van der Waals surface area contributed by atoms with Gasteiger partial charge in [-0.1, -0.05) is 6.07 Å². The molecule has 116 valence electrons. The fraction of sp³-hybridized carbons (Fsp3) is 0.0625. The van der Waals surface area contributed by atoms with Gasteiger partial charge in [0.1, 0.15) is 23.0 Å². The summed E-state index contributed by atoms with van der Waals surface area (Å²) in [6.45, 7) is 1.56. The lowest BCUT2D eigenvalue weighted by atomic mass is 10.2. The maximum absolute atomic E-state index is 13.7. The number of hydrogen-bond acceptors (Lipinski definition) is 3. The quantitative estimate of drug-likeness (QED) is 0.790. The zero-order valence-electron chi connectivity index (χ0n) is 12.0. The van der Waals surface area contributed by atoms with Gasteiger partial charge in [-0.25, -0.2) is 13.8 Å². The molecular weight excluding hydrogens is 304 g/mol. The van der Waals surface area contributed by atoms with E-state index in [-0.39, 0.29) is 11.3 Å². The van der Waals surface area contributed by atoms with Crippen LogP contribution in [0.4, 0.5) is 14.5 Å². The molecule has 5 nitrogen and oxygen atoms in total. The Hall–Kier alpha value is -3.09. The number of aryl methyl sites for hydroxylation is 1. The van der Waals surface area contributed by atoms with Gasteiger partial charge in [0.2, 0.25) is 0 Å². The molecule has 0 bridgehead atoms. The lowest BCUT2D eigenvalue weighted by Gasteiger charge is -2.10. The molecule has 0 saturated heterocycles. The Bertz CT molecular complexity index is 983.